The van der Waals surface area contributed by atoms with E-state index < -0.39 is 30.9 Å². The third-order valence-corrected chi connectivity index (χ3v) is 2.16. The molecule has 0 fully saturated rings. The number of rotatable bonds is 6. The zero-order chi connectivity index (χ0) is 16.1. The maximum Gasteiger partial charge on any atom is 0.573 e. The molecule has 0 amide bonds. The van der Waals surface area contributed by atoms with Crippen molar-refractivity contribution in [1.82, 2.24) is 5.32 Å². The summed E-state index contributed by atoms with van der Waals surface area (Å²) in [7, 11) is 0. The molecule has 0 aliphatic heterocycles. The molecule has 1 rings (SSSR count). The second-order valence-electron chi connectivity index (χ2n) is 4.17. The van der Waals surface area contributed by atoms with Gasteiger partial charge in [0.05, 0.1) is 6.54 Å². The first-order chi connectivity index (χ1) is 9.57. The molecule has 0 spiro atoms. The Hall–Kier alpha value is -1.64. The topological polar surface area (TPSA) is 30.5 Å². The average Bonchev–Trinajstić information content (AvgIpc) is 2.28. The number of nitrogens with one attached hydrogen (secondary N) is 1. The lowest BCUT2D eigenvalue weighted by Crippen LogP contribution is -2.35. The number of para-hydroxylation sites is 2. The lowest BCUT2D eigenvalue weighted by molar-refractivity contribution is -0.275. The Morgan fingerprint density at radius 2 is 1.62 bits per heavy atom. The molecule has 1 unspecified atom stereocenters. The van der Waals surface area contributed by atoms with E-state index >= 15 is 0 Å². The maximum absolute atomic E-state index is 12.2. The molecule has 0 radical (unpaired) electrons. The molecular formula is C12H13F6NO2. The fraction of sp³-hybridized carbons (Fsp3) is 0.500. The van der Waals surface area contributed by atoms with Crippen molar-refractivity contribution in [3.63, 3.8) is 0 Å². The number of hydrogen-bond acceptors (Lipinski definition) is 3. The molecule has 0 aromatic heterocycles. The van der Waals surface area contributed by atoms with Crippen molar-refractivity contribution in [1.29, 1.82) is 0 Å². The summed E-state index contributed by atoms with van der Waals surface area (Å²) in [5, 5.41) is 2.10. The normalized spacial score (nSPS) is 13.9. The van der Waals surface area contributed by atoms with Crippen LogP contribution >= 0.6 is 0 Å². The van der Waals surface area contributed by atoms with Crippen molar-refractivity contribution >= 4 is 0 Å². The summed E-state index contributed by atoms with van der Waals surface area (Å²) in [4.78, 5) is 0. The third-order valence-electron chi connectivity index (χ3n) is 2.16. The SMILES string of the molecule is CC(CNCC(F)(F)F)Oc1ccccc1OC(F)(F)F. The van der Waals surface area contributed by atoms with Crippen molar-refractivity contribution in [3.05, 3.63) is 24.3 Å². The van der Waals surface area contributed by atoms with Crippen molar-refractivity contribution in [2.24, 2.45) is 0 Å². The molecule has 0 aliphatic rings. The van der Waals surface area contributed by atoms with Gasteiger partial charge in [-0.05, 0) is 19.1 Å². The maximum atomic E-state index is 12.2. The summed E-state index contributed by atoms with van der Waals surface area (Å²) in [6, 6.07) is 5.04. The average molecular weight is 317 g/mol. The zero-order valence-corrected chi connectivity index (χ0v) is 10.9. The molecule has 3 nitrogen and oxygen atoms in total. The van der Waals surface area contributed by atoms with Gasteiger partial charge in [0.2, 0.25) is 0 Å². The largest absolute Gasteiger partial charge is 0.573 e. The highest BCUT2D eigenvalue weighted by Gasteiger charge is 2.32. The highest BCUT2D eigenvalue weighted by atomic mass is 19.4. The number of ether oxygens (including phenoxy) is 2. The molecule has 1 atom stereocenters. The van der Waals surface area contributed by atoms with Crippen LogP contribution in [0.3, 0.4) is 0 Å². The van der Waals surface area contributed by atoms with Gasteiger partial charge in [0.25, 0.3) is 0 Å². The van der Waals surface area contributed by atoms with Gasteiger partial charge in [0, 0.05) is 6.54 Å². The van der Waals surface area contributed by atoms with E-state index in [0.717, 1.165) is 6.07 Å². The van der Waals surface area contributed by atoms with E-state index in [2.05, 4.69) is 10.1 Å². The molecular weight excluding hydrogens is 304 g/mol. The Balaban J connectivity index is 2.58. The van der Waals surface area contributed by atoms with E-state index in [1.807, 2.05) is 0 Å². The van der Waals surface area contributed by atoms with E-state index in [4.69, 9.17) is 4.74 Å². The molecule has 1 aromatic carbocycles. The monoisotopic (exact) mass is 317 g/mol. The van der Waals surface area contributed by atoms with Crippen LogP contribution in [0.2, 0.25) is 0 Å². The van der Waals surface area contributed by atoms with E-state index in [1.54, 1.807) is 0 Å². The lowest BCUT2D eigenvalue weighted by atomic mass is 10.3. The first kappa shape index (κ1) is 17.4. The number of alkyl halides is 6. The predicted molar refractivity (Wildman–Crippen MR) is 62.1 cm³/mol. The lowest BCUT2D eigenvalue weighted by Gasteiger charge is -2.19. The van der Waals surface area contributed by atoms with Crippen LogP contribution in [0.1, 0.15) is 6.92 Å². The molecule has 120 valence electrons. The number of benzene rings is 1. The summed E-state index contributed by atoms with van der Waals surface area (Å²) in [6.45, 7) is 0.0367. The summed E-state index contributed by atoms with van der Waals surface area (Å²) >= 11 is 0. The Morgan fingerprint density at radius 1 is 1.05 bits per heavy atom. The minimum atomic E-state index is -4.88. The Morgan fingerprint density at radius 3 is 2.14 bits per heavy atom. The smallest absolute Gasteiger partial charge is 0.485 e. The zero-order valence-electron chi connectivity index (χ0n) is 10.9. The van der Waals surface area contributed by atoms with Gasteiger partial charge in [-0.2, -0.15) is 13.2 Å². The summed E-state index contributed by atoms with van der Waals surface area (Å²) in [5.74, 6) is -0.746. The van der Waals surface area contributed by atoms with E-state index in [-0.39, 0.29) is 12.3 Å². The van der Waals surface area contributed by atoms with E-state index in [1.165, 1.54) is 25.1 Å². The van der Waals surface area contributed by atoms with Gasteiger partial charge in [-0.1, -0.05) is 12.1 Å². The minimum absolute atomic E-state index is 0.181. The van der Waals surface area contributed by atoms with E-state index in [0.29, 0.717) is 0 Å². The Kier molecular flexibility index (Phi) is 5.70. The molecule has 0 saturated heterocycles. The Bertz CT molecular complexity index is 446. The van der Waals surface area contributed by atoms with Crippen LogP contribution < -0.4 is 14.8 Å². The van der Waals surface area contributed by atoms with Gasteiger partial charge in [0.15, 0.2) is 11.5 Å². The molecule has 0 bridgehead atoms. The van der Waals surface area contributed by atoms with Crippen LogP contribution in [0.5, 0.6) is 11.5 Å². The molecule has 0 heterocycles. The van der Waals surface area contributed by atoms with Crippen LogP contribution in [0, 0.1) is 0 Å². The molecule has 9 heteroatoms. The van der Waals surface area contributed by atoms with Crippen molar-refractivity contribution < 1.29 is 35.8 Å². The van der Waals surface area contributed by atoms with Crippen LogP contribution in [0.4, 0.5) is 26.3 Å². The van der Waals surface area contributed by atoms with Gasteiger partial charge >= 0.3 is 12.5 Å². The fourth-order valence-corrected chi connectivity index (χ4v) is 1.43. The fourth-order valence-electron chi connectivity index (χ4n) is 1.43. The molecule has 21 heavy (non-hydrogen) atoms. The number of hydrogen-bond donors (Lipinski definition) is 1. The predicted octanol–water partition coefficient (Wildman–Crippen LogP) is 3.50. The van der Waals surface area contributed by atoms with Gasteiger partial charge in [-0.25, -0.2) is 0 Å². The van der Waals surface area contributed by atoms with Crippen LogP contribution in [0.25, 0.3) is 0 Å². The summed E-state index contributed by atoms with van der Waals surface area (Å²) in [6.07, 6.45) is -10.0. The van der Waals surface area contributed by atoms with Crippen LogP contribution in [-0.4, -0.2) is 31.7 Å². The molecule has 0 aliphatic carbocycles. The van der Waals surface area contributed by atoms with Gasteiger partial charge in [0.1, 0.15) is 6.10 Å². The van der Waals surface area contributed by atoms with Crippen LogP contribution in [-0.2, 0) is 0 Å². The second kappa shape index (κ2) is 6.88. The number of halogens is 6. The summed E-state index contributed by atoms with van der Waals surface area (Å²) in [5.41, 5.74) is 0. The van der Waals surface area contributed by atoms with Gasteiger partial charge in [-0.15, -0.1) is 13.2 Å². The highest BCUT2D eigenvalue weighted by molar-refractivity contribution is 5.39. The summed E-state index contributed by atoms with van der Waals surface area (Å²) < 4.78 is 81.3. The van der Waals surface area contributed by atoms with E-state index in [9.17, 15) is 26.3 Å². The first-order valence-electron chi connectivity index (χ1n) is 5.86. The molecule has 1 N–H and O–H groups in total. The molecule has 0 saturated carbocycles. The highest BCUT2D eigenvalue weighted by Crippen LogP contribution is 2.32. The Labute approximate surface area is 116 Å². The minimum Gasteiger partial charge on any atom is -0.485 e. The quantitative estimate of drug-likeness (QED) is 0.815. The molecule has 1 aromatic rings. The third kappa shape index (κ3) is 7.64. The van der Waals surface area contributed by atoms with Crippen molar-refractivity contribution in [2.45, 2.75) is 25.6 Å². The second-order valence-corrected chi connectivity index (χ2v) is 4.17. The van der Waals surface area contributed by atoms with Crippen LogP contribution in [0.15, 0.2) is 24.3 Å². The van der Waals surface area contributed by atoms with Crippen molar-refractivity contribution in [3.8, 4) is 11.5 Å². The first-order valence-corrected chi connectivity index (χ1v) is 5.86. The van der Waals surface area contributed by atoms with Crippen molar-refractivity contribution in [2.75, 3.05) is 13.1 Å². The van der Waals surface area contributed by atoms with Gasteiger partial charge < -0.3 is 14.8 Å². The van der Waals surface area contributed by atoms with Gasteiger partial charge in [-0.3, -0.25) is 0 Å². The standard InChI is InChI=1S/C12H13F6NO2/c1-8(6-19-7-11(13,14)15)20-9-4-2-3-5-10(9)21-12(16,17)18/h2-5,8,19H,6-7H2,1H3.